The Morgan fingerprint density at radius 1 is 1.38 bits per heavy atom. The average molecular weight is 296 g/mol. The second kappa shape index (κ2) is 5.34. The minimum Gasteiger partial charge on any atom is -0.351 e. The Balaban J connectivity index is 2.72. The van der Waals surface area contributed by atoms with E-state index < -0.39 is 11.7 Å². The van der Waals surface area contributed by atoms with Gasteiger partial charge in [-0.1, -0.05) is 28.1 Å². The highest BCUT2D eigenvalue weighted by atomic mass is 79.9. The molecule has 0 aliphatic heterocycles. The standard InChI is InChI=1S/C10H9BrF3NO/c11-5-9(16)15-6-7-2-1-3-8(4-7)10(12,13)14/h1-4H,5-6H2,(H,15,16). The lowest BCUT2D eigenvalue weighted by molar-refractivity contribution is -0.137. The van der Waals surface area contributed by atoms with Crippen LogP contribution in [0.3, 0.4) is 0 Å². The minimum absolute atomic E-state index is 0.0916. The molecule has 1 amide bonds. The van der Waals surface area contributed by atoms with Gasteiger partial charge in [0.15, 0.2) is 0 Å². The van der Waals surface area contributed by atoms with E-state index in [-0.39, 0.29) is 17.8 Å². The summed E-state index contributed by atoms with van der Waals surface area (Å²) in [4.78, 5) is 10.9. The van der Waals surface area contributed by atoms with Gasteiger partial charge in [-0.2, -0.15) is 13.2 Å². The molecule has 0 unspecified atom stereocenters. The van der Waals surface area contributed by atoms with Gasteiger partial charge >= 0.3 is 6.18 Å². The maximum Gasteiger partial charge on any atom is 0.416 e. The van der Waals surface area contributed by atoms with Crippen LogP contribution in [-0.4, -0.2) is 11.2 Å². The molecule has 1 aromatic rings. The summed E-state index contributed by atoms with van der Waals surface area (Å²) in [6, 6.07) is 4.87. The van der Waals surface area contributed by atoms with Crippen molar-refractivity contribution >= 4 is 21.8 Å². The number of hydrogen-bond acceptors (Lipinski definition) is 1. The molecule has 1 N–H and O–H groups in total. The highest BCUT2D eigenvalue weighted by molar-refractivity contribution is 9.09. The number of alkyl halides is 4. The molecule has 0 fully saturated rings. The van der Waals surface area contributed by atoms with Crippen molar-refractivity contribution in [1.29, 1.82) is 0 Å². The van der Waals surface area contributed by atoms with E-state index in [0.29, 0.717) is 5.56 Å². The Morgan fingerprint density at radius 2 is 2.06 bits per heavy atom. The molecule has 0 atom stereocenters. The fourth-order valence-corrected chi connectivity index (χ4v) is 1.30. The molecule has 0 radical (unpaired) electrons. The Bertz CT molecular complexity index is 379. The molecule has 0 saturated carbocycles. The first-order valence-corrected chi connectivity index (χ1v) is 5.54. The number of carbonyl (C=O) groups is 1. The molecule has 0 aliphatic rings. The number of amides is 1. The van der Waals surface area contributed by atoms with Crippen LogP contribution in [0.15, 0.2) is 24.3 Å². The van der Waals surface area contributed by atoms with Crippen LogP contribution < -0.4 is 5.32 Å². The molecular weight excluding hydrogens is 287 g/mol. The van der Waals surface area contributed by atoms with Gasteiger partial charge in [0.05, 0.1) is 10.9 Å². The quantitative estimate of drug-likeness (QED) is 0.854. The summed E-state index contributed by atoms with van der Waals surface area (Å²) in [5.41, 5.74) is -0.290. The van der Waals surface area contributed by atoms with Crippen molar-refractivity contribution in [2.45, 2.75) is 12.7 Å². The van der Waals surface area contributed by atoms with E-state index in [4.69, 9.17) is 0 Å². The van der Waals surface area contributed by atoms with Crippen molar-refractivity contribution in [1.82, 2.24) is 5.32 Å². The number of hydrogen-bond donors (Lipinski definition) is 1. The van der Waals surface area contributed by atoms with E-state index in [9.17, 15) is 18.0 Å². The normalized spacial score (nSPS) is 11.2. The van der Waals surface area contributed by atoms with Crippen LogP contribution >= 0.6 is 15.9 Å². The molecule has 0 heterocycles. The summed E-state index contributed by atoms with van der Waals surface area (Å²) < 4.78 is 37.0. The summed E-state index contributed by atoms with van der Waals surface area (Å²) in [6.45, 7) is 0.0916. The highest BCUT2D eigenvalue weighted by Crippen LogP contribution is 2.29. The zero-order valence-corrected chi connectivity index (χ0v) is 9.73. The molecular formula is C10H9BrF3NO. The van der Waals surface area contributed by atoms with Gasteiger partial charge in [-0.05, 0) is 17.7 Å². The van der Waals surface area contributed by atoms with Crippen molar-refractivity contribution in [3.05, 3.63) is 35.4 Å². The zero-order chi connectivity index (χ0) is 12.2. The Hall–Kier alpha value is -1.04. The van der Waals surface area contributed by atoms with E-state index in [1.54, 1.807) is 0 Å². The number of halogens is 4. The van der Waals surface area contributed by atoms with E-state index in [1.807, 2.05) is 0 Å². The number of carbonyl (C=O) groups excluding carboxylic acids is 1. The molecule has 88 valence electrons. The monoisotopic (exact) mass is 295 g/mol. The third-order valence-electron chi connectivity index (χ3n) is 1.87. The summed E-state index contributed by atoms with van der Waals surface area (Å²) >= 11 is 2.94. The predicted octanol–water partition coefficient (Wildman–Crippen LogP) is 2.72. The molecule has 16 heavy (non-hydrogen) atoms. The van der Waals surface area contributed by atoms with Gasteiger partial charge in [-0.3, -0.25) is 4.79 Å². The largest absolute Gasteiger partial charge is 0.416 e. The number of rotatable bonds is 3. The first-order valence-electron chi connectivity index (χ1n) is 4.42. The second-order valence-electron chi connectivity index (χ2n) is 3.11. The lowest BCUT2D eigenvalue weighted by atomic mass is 10.1. The lowest BCUT2D eigenvalue weighted by Crippen LogP contribution is -2.23. The lowest BCUT2D eigenvalue weighted by Gasteiger charge is -2.09. The van der Waals surface area contributed by atoms with Crippen LogP contribution in [0, 0.1) is 0 Å². The van der Waals surface area contributed by atoms with Crippen LogP contribution in [0.1, 0.15) is 11.1 Å². The van der Waals surface area contributed by atoms with Gasteiger partial charge in [0.25, 0.3) is 0 Å². The molecule has 0 aliphatic carbocycles. The van der Waals surface area contributed by atoms with E-state index >= 15 is 0 Å². The molecule has 0 spiro atoms. The fraction of sp³-hybridized carbons (Fsp3) is 0.300. The number of nitrogens with one attached hydrogen (secondary N) is 1. The molecule has 6 heteroatoms. The fourth-order valence-electron chi connectivity index (χ4n) is 1.11. The molecule has 1 aromatic carbocycles. The van der Waals surface area contributed by atoms with Crippen molar-refractivity contribution in [3.63, 3.8) is 0 Å². The summed E-state index contributed by atoms with van der Waals surface area (Å²) in [6.07, 6.45) is -4.35. The highest BCUT2D eigenvalue weighted by Gasteiger charge is 2.30. The van der Waals surface area contributed by atoms with Crippen molar-refractivity contribution in [3.8, 4) is 0 Å². The van der Waals surface area contributed by atoms with Gasteiger partial charge in [-0.15, -0.1) is 0 Å². The predicted molar refractivity (Wildman–Crippen MR) is 57.1 cm³/mol. The van der Waals surface area contributed by atoms with Gasteiger partial charge in [-0.25, -0.2) is 0 Å². The molecule has 0 bridgehead atoms. The van der Waals surface area contributed by atoms with E-state index in [2.05, 4.69) is 21.2 Å². The van der Waals surface area contributed by atoms with Crippen molar-refractivity contribution in [2.24, 2.45) is 0 Å². The second-order valence-corrected chi connectivity index (χ2v) is 3.67. The molecule has 1 rings (SSSR count). The first-order chi connectivity index (χ1) is 7.43. The third kappa shape index (κ3) is 3.84. The zero-order valence-electron chi connectivity index (χ0n) is 8.14. The smallest absolute Gasteiger partial charge is 0.351 e. The van der Waals surface area contributed by atoms with Crippen LogP contribution in [0.2, 0.25) is 0 Å². The van der Waals surface area contributed by atoms with Gasteiger partial charge in [0.1, 0.15) is 0 Å². The van der Waals surface area contributed by atoms with Crippen molar-refractivity contribution < 1.29 is 18.0 Å². The molecule has 2 nitrogen and oxygen atoms in total. The van der Waals surface area contributed by atoms with E-state index in [0.717, 1.165) is 12.1 Å². The van der Waals surface area contributed by atoms with Crippen LogP contribution in [0.4, 0.5) is 13.2 Å². The molecule has 0 aromatic heterocycles. The number of benzene rings is 1. The minimum atomic E-state index is -4.35. The van der Waals surface area contributed by atoms with E-state index in [1.165, 1.54) is 12.1 Å². The first kappa shape index (κ1) is 13.0. The Labute approximate surface area is 99.0 Å². The topological polar surface area (TPSA) is 29.1 Å². The maximum absolute atomic E-state index is 12.3. The maximum atomic E-state index is 12.3. The van der Waals surface area contributed by atoms with Crippen LogP contribution in [0.25, 0.3) is 0 Å². The van der Waals surface area contributed by atoms with Gasteiger partial charge in [0.2, 0.25) is 5.91 Å². The van der Waals surface area contributed by atoms with Crippen LogP contribution in [-0.2, 0) is 17.5 Å². The third-order valence-corrected chi connectivity index (χ3v) is 2.37. The van der Waals surface area contributed by atoms with Crippen molar-refractivity contribution in [2.75, 3.05) is 5.33 Å². The van der Waals surface area contributed by atoms with Gasteiger partial charge in [0, 0.05) is 6.54 Å². The SMILES string of the molecule is O=C(CBr)NCc1cccc(C(F)(F)F)c1. The Morgan fingerprint density at radius 3 is 2.62 bits per heavy atom. The Kier molecular flexibility index (Phi) is 4.35. The average Bonchev–Trinajstić information content (AvgIpc) is 2.25. The summed E-state index contributed by atoms with van der Waals surface area (Å²) in [7, 11) is 0. The molecule has 0 saturated heterocycles. The van der Waals surface area contributed by atoms with Gasteiger partial charge < -0.3 is 5.32 Å². The summed E-state index contributed by atoms with van der Waals surface area (Å²) in [5.74, 6) is -0.266. The summed E-state index contributed by atoms with van der Waals surface area (Å²) in [5, 5.41) is 2.61. The van der Waals surface area contributed by atoms with Crippen LogP contribution in [0.5, 0.6) is 0 Å².